The maximum atomic E-state index is 5.69. The zero-order valence-electron chi connectivity index (χ0n) is 8.94. The van der Waals surface area contributed by atoms with Crippen LogP contribution in [0.25, 0.3) is 10.8 Å². The van der Waals surface area contributed by atoms with E-state index in [0.717, 1.165) is 21.9 Å². The second-order valence-electron chi connectivity index (χ2n) is 3.24. The van der Waals surface area contributed by atoms with Crippen LogP contribution in [0.4, 0.5) is 0 Å². The number of ether oxygens (including phenoxy) is 1. The van der Waals surface area contributed by atoms with Gasteiger partial charge < -0.3 is 4.74 Å². The Labute approximate surface area is 104 Å². The number of thioether (sulfide) groups is 1. The number of pyridine rings is 1. The van der Waals surface area contributed by atoms with Crippen LogP contribution in [0.3, 0.4) is 0 Å². The summed E-state index contributed by atoms with van der Waals surface area (Å²) in [4.78, 5) is 4.37. The van der Waals surface area contributed by atoms with Crippen LogP contribution in [0.2, 0.25) is 0 Å². The average molecular weight is 254 g/mol. The second-order valence-corrected chi connectivity index (χ2v) is 4.70. The van der Waals surface area contributed by atoms with Crippen molar-refractivity contribution < 1.29 is 4.74 Å². The van der Waals surface area contributed by atoms with Gasteiger partial charge in [-0.15, -0.1) is 23.4 Å². The molecule has 16 heavy (non-hydrogen) atoms. The number of methoxy groups -OCH3 is 1. The summed E-state index contributed by atoms with van der Waals surface area (Å²) in [5.74, 6) is 2.35. The minimum absolute atomic E-state index is 0.632. The van der Waals surface area contributed by atoms with Crippen LogP contribution in [0.15, 0.2) is 35.5 Å². The van der Waals surface area contributed by atoms with E-state index in [1.807, 2.05) is 30.5 Å². The first kappa shape index (κ1) is 11.6. The fraction of sp³-hybridized carbons (Fsp3) is 0.250. The van der Waals surface area contributed by atoms with E-state index in [9.17, 15) is 0 Å². The number of rotatable bonds is 4. The van der Waals surface area contributed by atoms with E-state index in [1.165, 1.54) is 5.39 Å². The Morgan fingerprint density at radius 2 is 2.25 bits per heavy atom. The van der Waals surface area contributed by atoms with Crippen molar-refractivity contribution in [2.24, 2.45) is 0 Å². The number of hydrogen-bond donors (Lipinski definition) is 0. The van der Waals surface area contributed by atoms with Crippen molar-refractivity contribution in [1.82, 2.24) is 4.98 Å². The molecule has 0 saturated heterocycles. The predicted octanol–water partition coefficient (Wildman–Crippen LogP) is 3.57. The van der Waals surface area contributed by atoms with Crippen LogP contribution in [0.1, 0.15) is 0 Å². The summed E-state index contributed by atoms with van der Waals surface area (Å²) in [5, 5.41) is 3.31. The summed E-state index contributed by atoms with van der Waals surface area (Å²) < 4.78 is 5.22. The molecule has 1 aromatic carbocycles. The molecule has 2 nitrogen and oxygen atoms in total. The van der Waals surface area contributed by atoms with E-state index in [1.54, 1.807) is 18.9 Å². The Hall–Kier alpha value is -0.930. The number of benzene rings is 1. The lowest BCUT2D eigenvalue weighted by Gasteiger charge is -2.06. The molecule has 0 saturated carbocycles. The maximum Gasteiger partial charge on any atom is 0.119 e. The van der Waals surface area contributed by atoms with Gasteiger partial charge in [-0.25, -0.2) is 4.98 Å². The number of fused-ring (bicyclic) bond motifs is 1. The number of hydrogen-bond acceptors (Lipinski definition) is 3. The topological polar surface area (TPSA) is 22.1 Å². The number of halogens is 1. The Kier molecular flexibility index (Phi) is 3.91. The Bertz CT molecular complexity index is 489. The molecule has 1 aromatic heterocycles. The lowest BCUT2D eigenvalue weighted by Crippen LogP contribution is -1.88. The van der Waals surface area contributed by atoms with Gasteiger partial charge >= 0.3 is 0 Å². The summed E-state index contributed by atoms with van der Waals surface area (Å²) in [6.45, 7) is 0. The first-order chi connectivity index (χ1) is 7.85. The van der Waals surface area contributed by atoms with Crippen LogP contribution in [0, 0.1) is 0 Å². The summed E-state index contributed by atoms with van der Waals surface area (Å²) in [7, 11) is 1.67. The van der Waals surface area contributed by atoms with Crippen LogP contribution in [-0.2, 0) is 0 Å². The first-order valence-electron chi connectivity index (χ1n) is 4.96. The monoisotopic (exact) mass is 253 g/mol. The van der Waals surface area contributed by atoms with Crippen LogP contribution in [0.5, 0.6) is 5.75 Å². The maximum absolute atomic E-state index is 5.69. The Morgan fingerprint density at radius 1 is 1.38 bits per heavy atom. The van der Waals surface area contributed by atoms with Crippen molar-refractivity contribution in [1.29, 1.82) is 0 Å². The molecular weight excluding hydrogens is 242 g/mol. The third-order valence-corrected chi connectivity index (χ3v) is 3.67. The van der Waals surface area contributed by atoms with E-state index in [4.69, 9.17) is 16.3 Å². The Morgan fingerprint density at radius 3 is 3.00 bits per heavy atom. The molecule has 0 N–H and O–H groups in total. The summed E-state index contributed by atoms with van der Waals surface area (Å²) in [6.07, 6.45) is 1.82. The van der Waals surface area contributed by atoms with Crippen molar-refractivity contribution in [3.63, 3.8) is 0 Å². The van der Waals surface area contributed by atoms with E-state index in [-0.39, 0.29) is 0 Å². The zero-order valence-corrected chi connectivity index (χ0v) is 10.5. The highest BCUT2D eigenvalue weighted by atomic mass is 35.5. The second kappa shape index (κ2) is 5.41. The molecule has 0 aliphatic rings. The van der Waals surface area contributed by atoms with Gasteiger partial charge in [0.2, 0.25) is 0 Å². The highest BCUT2D eigenvalue weighted by Crippen LogP contribution is 2.28. The largest absolute Gasteiger partial charge is 0.497 e. The van der Waals surface area contributed by atoms with E-state index < -0.39 is 0 Å². The van der Waals surface area contributed by atoms with Gasteiger partial charge in [-0.3, -0.25) is 0 Å². The highest BCUT2D eigenvalue weighted by molar-refractivity contribution is 7.99. The molecule has 0 aliphatic carbocycles. The van der Waals surface area contributed by atoms with Crippen molar-refractivity contribution in [3.05, 3.63) is 30.5 Å². The first-order valence-corrected chi connectivity index (χ1v) is 6.48. The van der Waals surface area contributed by atoms with Gasteiger partial charge in [-0.2, -0.15) is 0 Å². The fourth-order valence-electron chi connectivity index (χ4n) is 1.50. The molecule has 0 amide bonds. The summed E-state index contributed by atoms with van der Waals surface area (Å²) in [5.41, 5.74) is 0. The van der Waals surface area contributed by atoms with Crippen molar-refractivity contribution in [2.75, 3.05) is 18.7 Å². The van der Waals surface area contributed by atoms with Gasteiger partial charge in [0.15, 0.2) is 0 Å². The minimum Gasteiger partial charge on any atom is -0.497 e. The normalized spacial score (nSPS) is 10.6. The summed E-state index contributed by atoms with van der Waals surface area (Å²) in [6, 6.07) is 8.01. The molecule has 2 rings (SSSR count). The Balaban J connectivity index is 2.46. The summed E-state index contributed by atoms with van der Waals surface area (Å²) >= 11 is 7.36. The molecule has 2 aromatic rings. The van der Waals surface area contributed by atoms with Crippen LogP contribution in [-0.4, -0.2) is 23.7 Å². The molecule has 0 fully saturated rings. The molecule has 0 spiro atoms. The van der Waals surface area contributed by atoms with Crippen molar-refractivity contribution in [2.45, 2.75) is 5.03 Å². The molecule has 0 atom stereocenters. The van der Waals surface area contributed by atoms with Gasteiger partial charge in [-0.1, -0.05) is 6.07 Å². The molecule has 0 radical (unpaired) electrons. The number of nitrogens with zero attached hydrogens (tertiary/aromatic N) is 1. The van der Waals surface area contributed by atoms with Gasteiger partial charge in [-0.05, 0) is 23.6 Å². The predicted molar refractivity (Wildman–Crippen MR) is 69.7 cm³/mol. The van der Waals surface area contributed by atoms with E-state index in [2.05, 4.69) is 4.98 Å². The minimum atomic E-state index is 0.632. The quantitative estimate of drug-likeness (QED) is 0.614. The van der Waals surface area contributed by atoms with Gasteiger partial charge in [0.1, 0.15) is 10.8 Å². The third kappa shape index (κ3) is 2.42. The van der Waals surface area contributed by atoms with Gasteiger partial charge in [0.25, 0.3) is 0 Å². The number of alkyl halides is 1. The number of aromatic nitrogens is 1. The molecule has 0 bridgehead atoms. The van der Waals surface area contributed by atoms with E-state index in [0.29, 0.717) is 5.88 Å². The fourth-order valence-corrected chi connectivity index (χ4v) is 2.47. The van der Waals surface area contributed by atoms with Crippen LogP contribution >= 0.6 is 23.4 Å². The molecule has 1 heterocycles. The van der Waals surface area contributed by atoms with Gasteiger partial charge in [0.05, 0.1) is 7.11 Å². The van der Waals surface area contributed by atoms with Crippen molar-refractivity contribution >= 4 is 34.1 Å². The van der Waals surface area contributed by atoms with E-state index >= 15 is 0 Å². The smallest absolute Gasteiger partial charge is 0.119 e. The molecule has 0 aliphatic heterocycles. The zero-order chi connectivity index (χ0) is 11.4. The van der Waals surface area contributed by atoms with Crippen molar-refractivity contribution in [3.8, 4) is 5.75 Å². The molecule has 4 heteroatoms. The SMILES string of the molecule is COc1ccc2ccnc(SCCCl)c2c1. The highest BCUT2D eigenvalue weighted by Gasteiger charge is 2.04. The lowest BCUT2D eigenvalue weighted by molar-refractivity contribution is 0.415. The lowest BCUT2D eigenvalue weighted by atomic mass is 10.2. The van der Waals surface area contributed by atoms with Crippen LogP contribution < -0.4 is 4.74 Å². The van der Waals surface area contributed by atoms with Gasteiger partial charge in [0, 0.05) is 23.2 Å². The molecule has 0 unspecified atom stereocenters. The third-order valence-electron chi connectivity index (χ3n) is 2.25. The standard InChI is InChI=1S/C12H12ClNOS/c1-15-10-3-2-9-4-6-14-12(11(9)8-10)16-7-5-13/h2-4,6,8H,5,7H2,1H3. The molecule has 84 valence electrons. The average Bonchev–Trinajstić information content (AvgIpc) is 2.35. The molecular formula is C12H12ClNOS.